The number of hydrogen-bond acceptors (Lipinski definition) is 5. The lowest BCUT2D eigenvalue weighted by Gasteiger charge is -2.08. The molecule has 0 amide bonds. The molecule has 0 aliphatic rings. The molecule has 0 aliphatic carbocycles. The summed E-state index contributed by atoms with van der Waals surface area (Å²) in [6.45, 7) is 2.87. The van der Waals surface area contributed by atoms with Crippen LogP contribution in [0, 0.1) is 0 Å². The average Bonchev–Trinajstić information content (AvgIpc) is 2.87. The van der Waals surface area contributed by atoms with Gasteiger partial charge in [0.25, 0.3) is 0 Å². The van der Waals surface area contributed by atoms with Crippen molar-refractivity contribution in [3.63, 3.8) is 0 Å². The second-order valence-corrected chi connectivity index (χ2v) is 5.07. The number of nitrogens with zero attached hydrogens (tertiary/aromatic N) is 3. The number of nitrogen functional groups attached to an aromatic ring is 1. The van der Waals surface area contributed by atoms with E-state index in [4.69, 9.17) is 10.5 Å². The molecule has 20 heavy (non-hydrogen) atoms. The smallest absolute Gasteiger partial charge is 0.339 e. The molecule has 0 saturated heterocycles. The van der Waals surface area contributed by atoms with Crippen molar-refractivity contribution in [2.24, 2.45) is 0 Å². The number of carbonyl (C=O) groups excluding carboxylic acids is 1. The van der Waals surface area contributed by atoms with Crippen molar-refractivity contribution in [3.8, 4) is 0 Å². The molecule has 106 valence electrons. The minimum Gasteiger partial charge on any atom is -0.454 e. The Morgan fingerprint density at radius 2 is 2.30 bits per heavy atom. The van der Waals surface area contributed by atoms with Crippen LogP contribution >= 0.6 is 15.9 Å². The first-order valence-electron chi connectivity index (χ1n) is 6.20. The fourth-order valence-corrected chi connectivity index (χ4v) is 2.11. The number of nitrogens with two attached hydrogens (primary N) is 1. The van der Waals surface area contributed by atoms with Gasteiger partial charge in [-0.2, -0.15) is 5.10 Å². The SMILES string of the molecule is CCCn1ncnc1COC(=O)c1cc(N)ccc1Br. The van der Waals surface area contributed by atoms with E-state index in [0.717, 1.165) is 13.0 Å². The number of carbonyl (C=O) groups is 1. The molecule has 0 fully saturated rings. The molecule has 0 saturated carbocycles. The van der Waals surface area contributed by atoms with Gasteiger partial charge in [-0.1, -0.05) is 6.92 Å². The number of hydrogen-bond donors (Lipinski definition) is 1. The Hall–Kier alpha value is -1.89. The molecule has 1 heterocycles. The number of ether oxygens (including phenoxy) is 1. The highest BCUT2D eigenvalue weighted by atomic mass is 79.9. The van der Waals surface area contributed by atoms with Gasteiger partial charge in [0.15, 0.2) is 12.4 Å². The van der Waals surface area contributed by atoms with Crippen LogP contribution in [-0.2, 0) is 17.9 Å². The van der Waals surface area contributed by atoms with Crippen LogP contribution in [0.3, 0.4) is 0 Å². The summed E-state index contributed by atoms with van der Waals surface area (Å²) in [5, 5.41) is 4.07. The molecule has 1 aromatic heterocycles. The van der Waals surface area contributed by atoms with Crippen LogP contribution in [0.2, 0.25) is 0 Å². The van der Waals surface area contributed by atoms with E-state index < -0.39 is 5.97 Å². The van der Waals surface area contributed by atoms with Crippen LogP contribution in [-0.4, -0.2) is 20.7 Å². The Morgan fingerprint density at radius 1 is 1.50 bits per heavy atom. The Kier molecular flexibility index (Phi) is 4.73. The summed E-state index contributed by atoms with van der Waals surface area (Å²) in [7, 11) is 0. The monoisotopic (exact) mass is 338 g/mol. The van der Waals surface area contributed by atoms with Gasteiger partial charge in [-0.15, -0.1) is 0 Å². The lowest BCUT2D eigenvalue weighted by molar-refractivity contribution is 0.0455. The number of esters is 1. The van der Waals surface area contributed by atoms with E-state index in [-0.39, 0.29) is 6.61 Å². The standard InChI is InChI=1S/C13H15BrN4O2/c1-2-5-18-12(16-8-17-18)7-20-13(19)10-6-9(15)3-4-11(10)14/h3-4,6,8H,2,5,7,15H2,1H3. The largest absolute Gasteiger partial charge is 0.454 e. The average molecular weight is 339 g/mol. The normalized spacial score (nSPS) is 10.5. The second-order valence-electron chi connectivity index (χ2n) is 4.21. The van der Waals surface area contributed by atoms with Crippen LogP contribution in [0.4, 0.5) is 5.69 Å². The van der Waals surface area contributed by atoms with E-state index in [0.29, 0.717) is 21.5 Å². The maximum atomic E-state index is 12.0. The van der Waals surface area contributed by atoms with Gasteiger partial charge in [-0.25, -0.2) is 14.5 Å². The van der Waals surface area contributed by atoms with E-state index in [1.54, 1.807) is 22.9 Å². The van der Waals surface area contributed by atoms with Crippen molar-refractivity contribution in [2.75, 3.05) is 5.73 Å². The first-order valence-corrected chi connectivity index (χ1v) is 7.00. The molecule has 0 unspecified atom stereocenters. The summed E-state index contributed by atoms with van der Waals surface area (Å²) in [5.74, 6) is 0.176. The number of aryl methyl sites for hydroxylation is 1. The van der Waals surface area contributed by atoms with Crippen LogP contribution < -0.4 is 5.73 Å². The predicted molar refractivity (Wildman–Crippen MR) is 78.0 cm³/mol. The van der Waals surface area contributed by atoms with Gasteiger partial charge in [0, 0.05) is 16.7 Å². The van der Waals surface area contributed by atoms with Gasteiger partial charge in [0.1, 0.15) is 6.33 Å². The molecular weight excluding hydrogens is 324 g/mol. The molecule has 0 spiro atoms. The number of anilines is 1. The number of halogens is 1. The quantitative estimate of drug-likeness (QED) is 0.668. The zero-order valence-electron chi connectivity index (χ0n) is 11.0. The molecule has 0 aliphatic heterocycles. The van der Waals surface area contributed by atoms with Crippen molar-refractivity contribution < 1.29 is 9.53 Å². The first-order chi connectivity index (χ1) is 9.61. The Morgan fingerprint density at radius 3 is 3.05 bits per heavy atom. The van der Waals surface area contributed by atoms with E-state index in [9.17, 15) is 4.79 Å². The van der Waals surface area contributed by atoms with Crippen LogP contribution in [0.1, 0.15) is 29.5 Å². The maximum Gasteiger partial charge on any atom is 0.339 e. The zero-order chi connectivity index (χ0) is 14.5. The number of rotatable bonds is 5. The van der Waals surface area contributed by atoms with Crippen molar-refractivity contribution >= 4 is 27.6 Å². The zero-order valence-corrected chi connectivity index (χ0v) is 12.6. The van der Waals surface area contributed by atoms with E-state index in [1.165, 1.54) is 6.33 Å². The topological polar surface area (TPSA) is 83.0 Å². The van der Waals surface area contributed by atoms with Crippen LogP contribution in [0.15, 0.2) is 29.0 Å². The van der Waals surface area contributed by atoms with E-state index in [2.05, 4.69) is 26.0 Å². The summed E-state index contributed by atoms with van der Waals surface area (Å²) in [6.07, 6.45) is 2.39. The third-order valence-corrected chi connectivity index (χ3v) is 3.37. The molecule has 2 rings (SSSR count). The molecular formula is C13H15BrN4O2. The number of aromatic nitrogens is 3. The first kappa shape index (κ1) is 14.5. The summed E-state index contributed by atoms with van der Waals surface area (Å²) in [4.78, 5) is 16.1. The molecule has 0 atom stereocenters. The van der Waals surface area contributed by atoms with Crippen molar-refractivity contribution in [2.45, 2.75) is 26.5 Å². The third-order valence-electron chi connectivity index (χ3n) is 2.67. The molecule has 2 aromatic rings. The van der Waals surface area contributed by atoms with Crippen molar-refractivity contribution in [1.82, 2.24) is 14.8 Å². The molecule has 0 radical (unpaired) electrons. The fraction of sp³-hybridized carbons (Fsp3) is 0.308. The highest BCUT2D eigenvalue weighted by Gasteiger charge is 2.13. The highest BCUT2D eigenvalue weighted by Crippen LogP contribution is 2.20. The van der Waals surface area contributed by atoms with Crippen LogP contribution in [0.5, 0.6) is 0 Å². The minimum absolute atomic E-state index is 0.0834. The second kappa shape index (κ2) is 6.51. The van der Waals surface area contributed by atoms with Gasteiger partial charge in [0.05, 0.1) is 5.56 Å². The molecule has 1 aromatic carbocycles. The van der Waals surface area contributed by atoms with Gasteiger partial charge in [-0.05, 0) is 40.5 Å². The lowest BCUT2D eigenvalue weighted by atomic mass is 10.2. The molecule has 2 N–H and O–H groups in total. The lowest BCUT2D eigenvalue weighted by Crippen LogP contribution is -2.11. The maximum absolute atomic E-state index is 12.0. The summed E-state index contributed by atoms with van der Waals surface area (Å²) in [6, 6.07) is 4.99. The van der Waals surface area contributed by atoms with Crippen molar-refractivity contribution in [1.29, 1.82) is 0 Å². The summed E-state index contributed by atoms with van der Waals surface area (Å²) >= 11 is 3.30. The molecule has 7 heteroatoms. The molecule has 6 nitrogen and oxygen atoms in total. The third kappa shape index (κ3) is 3.36. The Labute approximate surface area is 125 Å². The van der Waals surface area contributed by atoms with Gasteiger partial charge >= 0.3 is 5.97 Å². The van der Waals surface area contributed by atoms with E-state index in [1.807, 2.05) is 6.92 Å². The number of benzene rings is 1. The summed E-state index contributed by atoms with van der Waals surface area (Å²) in [5.41, 5.74) is 6.57. The fourth-order valence-electron chi connectivity index (χ4n) is 1.71. The van der Waals surface area contributed by atoms with Gasteiger partial charge < -0.3 is 10.5 Å². The molecule has 0 bridgehead atoms. The minimum atomic E-state index is -0.449. The van der Waals surface area contributed by atoms with Gasteiger partial charge in [-0.3, -0.25) is 0 Å². The Balaban J connectivity index is 2.05. The van der Waals surface area contributed by atoms with Crippen LogP contribution in [0.25, 0.3) is 0 Å². The van der Waals surface area contributed by atoms with E-state index >= 15 is 0 Å². The summed E-state index contributed by atoms with van der Waals surface area (Å²) < 4.78 is 7.62. The van der Waals surface area contributed by atoms with Crippen molar-refractivity contribution in [3.05, 3.63) is 40.4 Å². The van der Waals surface area contributed by atoms with Gasteiger partial charge in [0.2, 0.25) is 0 Å². The predicted octanol–water partition coefficient (Wildman–Crippen LogP) is 2.39. The Bertz CT molecular complexity index is 612. The highest BCUT2D eigenvalue weighted by molar-refractivity contribution is 9.10.